The molecule has 2 rings (SSSR count). The van der Waals surface area contributed by atoms with E-state index in [0.717, 1.165) is 40.1 Å². The fourth-order valence-corrected chi connectivity index (χ4v) is 2.87. The van der Waals surface area contributed by atoms with Crippen LogP contribution in [0, 0.1) is 0 Å². The number of aliphatic hydroxyl groups excluding tert-OH is 1. The van der Waals surface area contributed by atoms with Crippen molar-refractivity contribution in [2.75, 3.05) is 6.61 Å². The Morgan fingerprint density at radius 2 is 1.95 bits per heavy atom. The van der Waals surface area contributed by atoms with Gasteiger partial charge in [-0.25, -0.2) is 0 Å². The Morgan fingerprint density at radius 3 is 2.52 bits per heavy atom. The number of aromatic nitrogens is 2. The molecule has 0 saturated heterocycles. The molecule has 0 atom stereocenters. The SMILES string of the molecule is CCc1nn(CC)c(COc2ccc(CCO)cc2)c1Br. The first-order chi connectivity index (χ1) is 10.2. The maximum absolute atomic E-state index is 8.91. The third kappa shape index (κ3) is 3.86. The van der Waals surface area contributed by atoms with Gasteiger partial charge in [0.05, 0.1) is 15.9 Å². The molecular formula is C16H21BrN2O2. The van der Waals surface area contributed by atoms with E-state index >= 15 is 0 Å². The van der Waals surface area contributed by atoms with Crippen molar-refractivity contribution in [3.8, 4) is 5.75 Å². The fraction of sp³-hybridized carbons (Fsp3) is 0.438. The van der Waals surface area contributed by atoms with Crippen LogP contribution in [0.15, 0.2) is 28.7 Å². The molecule has 0 saturated carbocycles. The smallest absolute Gasteiger partial charge is 0.131 e. The Bertz CT molecular complexity index is 579. The first-order valence-corrected chi connectivity index (χ1v) is 8.05. The second kappa shape index (κ2) is 7.61. The highest BCUT2D eigenvalue weighted by atomic mass is 79.9. The average Bonchev–Trinajstić information content (AvgIpc) is 2.82. The van der Waals surface area contributed by atoms with E-state index in [2.05, 4.69) is 34.9 Å². The van der Waals surface area contributed by atoms with E-state index in [0.29, 0.717) is 13.0 Å². The standard InChI is InChI=1S/C16H21BrN2O2/c1-3-14-16(17)15(19(4-2)18-14)11-21-13-7-5-12(6-8-13)9-10-20/h5-8,20H,3-4,9-11H2,1-2H3. The van der Waals surface area contributed by atoms with E-state index in [9.17, 15) is 0 Å². The van der Waals surface area contributed by atoms with Gasteiger partial charge in [-0.1, -0.05) is 19.1 Å². The highest BCUT2D eigenvalue weighted by Gasteiger charge is 2.14. The predicted octanol–water partition coefficient (Wildman–Crippen LogP) is 3.34. The Labute approximate surface area is 133 Å². The van der Waals surface area contributed by atoms with Gasteiger partial charge in [-0.2, -0.15) is 5.10 Å². The number of hydrogen-bond donors (Lipinski definition) is 1. The summed E-state index contributed by atoms with van der Waals surface area (Å²) in [6, 6.07) is 7.84. The van der Waals surface area contributed by atoms with E-state index < -0.39 is 0 Å². The van der Waals surface area contributed by atoms with Crippen LogP contribution >= 0.6 is 15.9 Å². The molecule has 0 amide bonds. The Hall–Kier alpha value is -1.33. The number of benzene rings is 1. The van der Waals surface area contributed by atoms with E-state index in [4.69, 9.17) is 9.84 Å². The predicted molar refractivity (Wildman–Crippen MR) is 86.5 cm³/mol. The van der Waals surface area contributed by atoms with Crippen molar-refractivity contribution >= 4 is 15.9 Å². The van der Waals surface area contributed by atoms with Gasteiger partial charge < -0.3 is 9.84 Å². The van der Waals surface area contributed by atoms with Gasteiger partial charge >= 0.3 is 0 Å². The summed E-state index contributed by atoms with van der Waals surface area (Å²) in [5.74, 6) is 0.825. The third-order valence-electron chi connectivity index (χ3n) is 3.39. The fourth-order valence-electron chi connectivity index (χ4n) is 2.19. The van der Waals surface area contributed by atoms with E-state index in [-0.39, 0.29) is 6.61 Å². The van der Waals surface area contributed by atoms with E-state index in [1.807, 2.05) is 28.9 Å². The van der Waals surface area contributed by atoms with Crippen molar-refractivity contribution in [2.24, 2.45) is 0 Å². The summed E-state index contributed by atoms with van der Waals surface area (Å²) >= 11 is 3.62. The molecule has 114 valence electrons. The van der Waals surface area contributed by atoms with Crippen LogP contribution in [-0.2, 0) is 26.0 Å². The lowest BCUT2D eigenvalue weighted by molar-refractivity contribution is 0.290. The Balaban J connectivity index is 2.07. The lowest BCUT2D eigenvalue weighted by Gasteiger charge is -2.09. The van der Waals surface area contributed by atoms with Crippen LogP contribution in [0.3, 0.4) is 0 Å². The Kier molecular flexibility index (Phi) is 5.82. The van der Waals surface area contributed by atoms with Gasteiger partial charge in [0.25, 0.3) is 0 Å². The molecule has 4 nitrogen and oxygen atoms in total. The first kappa shape index (κ1) is 16.0. The highest BCUT2D eigenvalue weighted by molar-refractivity contribution is 9.10. The van der Waals surface area contributed by atoms with E-state index in [1.165, 1.54) is 0 Å². The van der Waals surface area contributed by atoms with Gasteiger partial charge in [0, 0.05) is 13.2 Å². The number of aryl methyl sites for hydroxylation is 2. The summed E-state index contributed by atoms with van der Waals surface area (Å²) in [7, 11) is 0. The monoisotopic (exact) mass is 352 g/mol. The van der Waals surface area contributed by atoms with Gasteiger partial charge in [-0.3, -0.25) is 4.68 Å². The molecule has 0 aliphatic carbocycles. The largest absolute Gasteiger partial charge is 0.487 e. The van der Waals surface area contributed by atoms with Crippen molar-refractivity contribution in [3.63, 3.8) is 0 Å². The zero-order valence-electron chi connectivity index (χ0n) is 12.5. The minimum absolute atomic E-state index is 0.169. The maximum atomic E-state index is 8.91. The number of nitrogens with zero attached hydrogens (tertiary/aromatic N) is 2. The molecule has 1 heterocycles. The minimum atomic E-state index is 0.169. The molecule has 21 heavy (non-hydrogen) atoms. The van der Waals surface area contributed by atoms with Gasteiger partial charge in [-0.15, -0.1) is 0 Å². The highest BCUT2D eigenvalue weighted by Crippen LogP contribution is 2.24. The Morgan fingerprint density at radius 1 is 1.24 bits per heavy atom. The molecule has 2 aromatic rings. The topological polar surface area (TPSA) is 47.3 Å². The van der Waals surface area contributed by atoms with Crippen LogP contribution in [0.2, 0.25) is 0 Å². The van der Waals surface area contributed by atoms with Crippen LogP contribution in [0.5, 0.6) is 5.75 Å². The van der Waals surface area contributed by atoms with Gasteiger partial charge in [0.1, 0.15) is 12.4 Å². The summed E-state index contributed by atoms with van der Waals surface area (Å²) in [5, 5.41) is 13.5. The van der Waals surface area contributed by atoms with Crippen LogP contribution in [0.1, 0.15) is 30.8 Å². The molecule has 5 heteroatoms. The summed E-state index contributed by atoms with van der Waals surface area (Å²) in [5.41, 5.74) is 3.24. The summed E-state index contributed by atoms with van der Waals surface area (Å²) in [4.78, 5) is 0. The number of ether oxygens (including phenoxy) is 1. The first-order valence-electron chi connectivity index (χ1n) is 7.26. The number of hydrogen-bond acceptors (Lipinski definition) is 3. The lowest BCUT2D eigenvalue weighted by Crippen LogP contribution is -2.06. The molecule has 0 bridgehead atoms. The minimum Gasteiger partial charge on any atom is -0.487 e. The number of halogens is 1. The van der Waals surface area contributed by atoms with Crippen molar-refractivity contribution in [1.29, 1.82) is 0 Å². The van der Waals surface area contributed by atoms with Crippen molar-refractivity contribution in [2.45, 2.75) is 39.8 Å². The molecule has 0 radical (unpaired) electrons. The molecule has 1 N–H and O–H groups in total. The summed E-state index contributed by atoms with van der Waals surface area (Å²) < 4.78 is 8.87. The van der Waals surface area contributed by atoms with Crippen LogP contribution < -0.4 is 4.74 Å². The summed E-state index contributed by atoms with van der Waals surface area (Å²) in [6.07, 6.45) is 1.57. The molecule has 0 fully saturated rings. The van der Waals surface area contributed by atoms with Crippen LogP contribution in [-0.4, -0.2) is 21.5 Å². The van der Waals surface area contributed by atoms with Crippen molar-refractivity contribution in [3.05, 3.63) is 45.7 Å². The quantitative estimate of drug-likeness (QED) is 0.831. The van der Waals surface area contributed by atoms with Gasteiger partial charge in [-0.05, 0) is 53.4 Å². The molecular weight excluding hydrogens is 332 g/mol. The lowest BCUT2D eigenvalue weighted by atomic mass is 10.1. The van der Waals surface area contributed by atoms with Gasteiger partial charge in [0.15, 0.2) is 0 Å². The van der Waals surface area contributed by atoms with Crippen LogP contribution in [0.25, 0.3) is 0 Å². The molecule has 0 aliphatic rings. The molecule has 0 unspecified atom stereocenters. The average molecular weight is 353 g/mol. The van der Waals surface area contributed by atoms with Gasteiger partial charge in [0.2, 0.25) is 0 Å². The zero-order chi connectivity index (χ0) is 15.2. The van der Waals surface area contributed by atoms with Crippen molar-refractivity contribution < 1.29 is 9.84 Å². The number of aliphatic hydroxyl groups is 1. The second-order valence-electron chi connectivity index (χ2n) is 4.78. The molecule has 1 aromatic carbocycles. The molecule has 0 spiro atoms. The van der Waals surface area contributed by atoms with E-state index in [1.54, 1.807) is 0 Å². The maximum Gasteiger partial charge on any atom is 0.131 e. The summed E-state index contributed by atoms with van der Waals surface area (Å²) in [6.45, 7) is 5.65. The molecule has 1 aromatic heterocycles. The number of rotatable bonds is 7. The molecule has 0 aliphatic heterocycles. The van der Waals surface area contributed by atoms with Crippen LogP contribution in [0.4, 0.5) is 0 Å². The second-order valence-corrected chi connectivity index (χ2v) is 5.58. The zero-order valence-corrected chi connectivity index (χ0v) is 14.1. The third-order valence-corrected chi connectivity index (χ3v) is 4.31. The van der Waals surface area contributed by atoms with Crippen molar-refractivity contribution in [1.82, 2.24) is 9.78 Å². The normalized spacial score (nSPS) is 10.9.